The largest absolute Gasteiger partial charge is 0.399 e. The molecule has 1 aliphatic heterocycles. The van der Waals surface area contributed by atoms with Crippen molar-refractivity contribution in [2.24, 2.45) is 5.92 Å². The Labute approximate surface area is 130 Å². The predicted octanol–water partition coefficient (Wildman–Crippen LogP) is 1.39. The summed E-state index contributed by atoms with van der Waals surface area (Å²) in [5.41, 5.74) is 6.32. The van der Waals surface area contributed by atoms with Crippen LogP contribution in [0.25, 0.3) is 0 Å². The first-order valence-corrected chi connectivity index (χ1v) is 9.68. The molecule has 1 aromatic carbocycles. The van der Waals surface area contributed by atoms with Crippen LogP contribution < -0.4 is 5.73 Å². The molecule has 1 saturated heterocycles. The summed E-state index contributed by atoms with van der Waals surface area (Å²) in [6, 6.07) is 7.44. The third-order valence-electron chi connectivity index (χ3n) is 3.72. The van der Waals surface area contributed by atoms with Gasteiger partial charge in [0.15, 0.2) is 0 Å². The summed E-state index contributed by atoms with van der Waals surface area (Å²) in [5, 5.41) is 9.09. The minimum absolute atomic E-state index is 0.145. The number of aliphatic hydroxyl groups excluding tert-OH is 1. The summed E-state index contributed by atoms with van der Waals surface area (Å²) in [6.07, 6.45) is 1.50. The van der Waals surface area contributed by atoms with Crippen LogP contribution in [-0.2, 0) is 10.0 Å². The van der Waals surface area contributed by atoms with Crippen molar-refractivity contribution in [3.8, 4) is 0 Å². The van der Waals surface area contributed by atoms with Crippen LogP contribution in [0.1, 0.15) is 12.8 Å². The SMILES string of the molecule is Nc1ccc(SCCS(=O)(=O)N2CCC(CO)CC2)cc1. The zero-order chi connectivity index (χ0) is 15.3. The third kappa shape index (κ3) is 4.88. The molecule has 118 valence electrons. The Kier molecular flexibility index (Phi) is 5.92. The fourth-order valence-electron chi connectivity index (χ4n) is 2.33. The molecule has 7 heteroatoms. The van der Waals surface area contributed by atoms with E-state index in [1.165, 1.54) is 11.8 Å². The Morgan fingerprint density at radius 3 is 2.43 bits per heavy atom. The molecule has 1 fully saturated rings. The molecule has 2 rings (SSSR count). The monoisotopic (exact) mass is 330 g/mol. The van der Waals surface area contributed by atoms with E-state index in [4.69, 9.17) is 10.8 Å². The maximum Gasteiger partial charge on any atom is 0.214 e. The Bertz CT molecular complexity index is 538. The van der Waals surface area contributed by atoms with Crippen LogP contribution in [0.3, 0.4) is 0 Å². The van der Waals surface area contributed by atoms with E-state index < -0.39 is 10.0 Å². The summed E-state index contributed by atoms with van der Waals surface area (Å²) in [7, 11) is -3.19. The van der Waals surface area contributed by atoms with Gasteiger partial charge in [0.25, 0.3) is 0 Å². The molecule has 3 N–H and O–H groups in total. The number of sulfonamides is 1. The van der Waals surface area contributed by atoms with Crippen LogP contribution in [0.5, 0.6) is 0 Å². The second kappa shape index (κ2) is 7.49. The standard InChI is InChI=1S/C14H22N2O3S2/c15-13-1-3-14(4-2-13)20-9-10-21(18,19)16-7-5-12(11-17)6-8-16/h1-4,12,17H,5-11,15H2. The van der Waals surface area contributed by atoms with Gasteiger partial charge in [-0.1, -0.05) is 0 Å². The quantitative estimate of drug-likeness (QED) is 0.608. The minimum atomic E-state index is -3.19. The lowest BCUT2D eigenvalue weighted by Gasteiger charge is -2.30. The molecule has 21 heavy (non-hydrogen) atoms. The van der Waals surface area contributed by atoms with Crippen LogP contribution in [-0.4, -0.2) is 49.0 Å². The molecular weight excluding hydrogens is 308 g/mol. The van der Waals surface area contributed by atoms with E-state index >= 15 is 0 Å². The fourth-order valence-corrected chi connectivity index (χ4v) is 5.09. The molecule has 0 unspecified atom stereocenters. The van der Waals surface area contributed by atoms with Gasteiger partial charge in [0.1, 0.15) is 0 Å². The number of benzene rings is 1. The van der Waals surface area contributed by atoms with Gasteiger partial charge >= 0.3 is 0 Å². The summed E-state index contributed by atoms with van der Waals surface area (Å²) in [6.45, 7) is 1.21. The zero-order valence-electron chi connectivity index (χ0n) is 11.9. The number of thioether (sulfide) groups is 1. The minimum Gasteiger partial charge on any atom is -0.399 e. The number of rotatable bonds is 6. The summed E-state index contributed by atoms with van der Waals surface area (Å²) >= 11 is 1.52. The van der Waals surface area contributed by atoms with Gasteiger partial charge < -0.3 is 10.8 Å². The van der Waals surface area contributed by atoms with Crippen LogP contribution in [0.15, 0.2) is 29.2 Å². The summed E-state index contributed by atoms with van der Waals surface area (Å²) in [5.74, 6) is 0.929. The van der Waals surface area contributed by atoms with Gasteiger partial charge in [-0.15, -0.1) is 11.8 Å². The molecule has 0 aromatic heterocycles. The second-order valence-electron chi connectivity index (χ2n) is 5.26. The normalized spacial score (nSPS) is 18.0. The van der Waals surface area contributed by atoms with Crippen molar-refractivity contribution in [2.75, 3.05) is 36.9 Å². The summed E-state index contributed by atoms with van der Waals surface area (Å²) in [4.78, 5) is 1.03. The van der Waals surface area contributed by atoms with Gasteiger partial charge in [-0.05, 0) is 43.0 Å². The molecular formula is C14H22N2O3S2. The first kappa shape index (κ1) is 16.6. The summed E-state index contributed by atoms with van der Waals surface area (Å²) < 4.78 is 26.1. The number of hydrogen-bond acceptors (Lipinski definition) is 5. The Balaban J connectivity index is 1.80. The maximum absolute atomic E-state index is 12.3. The van der Waals surface area contributed by atoms with Crippen molar-refractivity contribution in [3.05, 3.63) is 24.3 Å². The number of nitrogens with two attached hydrogens (primary N) is 1. The van der Waals surface area contributed by atoms with Crippen LogP contribution in [0, 0.1) is 5.92 Å². The molecule has 0 atom stereocenters. The van der Waals surface area contributed by atoms with E-state index in [9.17, 15) is 8.42 Å². The third-order valence-corrected chi connectivity index (χ3v) is 6.86. The maximum atomic E-state index is 12.3. The molecule has 1 heterocycles. The number of aliphatic hydroxyl groups is 1. The van der Waals surface area contributed by atoms with Crippen molar-refractivity contribution >= 4 is 27.5 Å². The van der Waals surface area contributed by atoms with E-state index in [1.807, 2.05) is 24.3 Å². The van der Waals surface area contributed by atoms with Crippen molar-refractivity contribution in [2.45, 2.75) is 17.7 Å². The van der Waals surface area contributed by atoms with Gasteiger partial charge in [0, 0.05) is 36.0 Å². The topological polar surface area (TPSA) is 83.6 Å². The first-order chi connectivity index (χ1) is 10.0. The smallest absolute Gasteiger partial charge is 0.214 e. The van der Waals surface area contributed by atoms with Crippen molar-refractivity contribution in [3.63, 3.8) is 0 Å². The van der Waals surface area contributed by atoms with Crippen molar-refractivity contribution in [1.29, 1.82) is 0 Å². The average molecular weight is 330 g/mol. The lowest BCUT2D eigenvalue weighted by atomic mass is 10.00. The Hall–Kier alpha value is -0.760. The van der Waals surface area contributed by atoms with E-state index in [0.29, 0.717) is 24.5 Å². The predicted molar refractivity (Wildman–Crippen MR) is 86.7 cm³/mol. The van der Waals surface area contributed by atoms with Gasteiger partial charge in [0.05, 0.1) is 5.75 Å². The molecule has 0 saturated carbocycles. The van der Waals surface area contributed by atoms with Gasteiger partial charge in [-0.2, -0.15) is 0 Å². The Morgan fingerprint density at radius 1 is 1.24 bits per heavy atom. The lowest BCUT2D eigenvalue weighted by Crippen LogP contribution is -2.40. The van der Waals surface area contributed by atoms with E-state index in [0.717, 1.165) is 17.7 Å². The van der Waals surface area contributed by atoms with Gasteiger partial charge in [-0.3, -0.25) is 0 Å². The highest BCUT2D eigenvalue weighted by atomic mass is 32.2. The highest BCUT2D eigenvalue weighted by molar-refractivity contribution is 8.00. The molecule has 5 nitrogen and oxygen atoms in total. The van der Waals surface area contributed by atoms with Crippen LogP contribution in [0.2, 0.25) is 0 Å². The fraction of sp³-hybridized carbons (Fsp3) is 0.571. The van der Waals surface area contributed by atoms with Crippen molar-refractivity contribution in [1.82, 2.24) is 4.31 Å². The number of piperidine rings is 1. The Morgan fingerprint density at radius 2 is 1.86 bits per heavy atom. The highest BCUT2D eigenvalue weighted by Crippen LogP contribution is 2.22. The highest BCUT2D eigenvalue weighted by Gasteiger charge is 2.27. The molecule has 1 aromatic rings. The second-order valence-corrected chi connectivity index (χ2v) is 8.52. The zero-order valence-corrected chi connectivity index (χ0v) is 13.6. The van der Waals surface area contributed by atoms with E-state index in [2.05, 4.69) is 0 Å². The lowest BCUT2D eigenvalue weighted by molar-refractivity contribution is 0.170. The van der Waals surface area contributed by atoms with E-state index in [-0.39, 0.29) is 18.3 Å². The average Bonchev–Trinajstić information content (AvgIpc) is 2.49. The molecule has 1 aliphatic rings. The van der Waals surface area contributed by atoms with Gasteiger partial charge in [0.2, 0.25) is 10.0 Å². The number of hydrogen-bond donors (Lipinski definition) is 2. The molecule has 0 aliphatic carbocycles. The number of nitrogen functional groups attached to an aromatic ring is 1. The number of anilines is 1. The van der Waals surface area contributed by atoms with Crippen molar-refractivity contribution < 1.29 is 13.5 Å². The van der Waals surface area contributed by atoms with Crippen LogP contribution >= 0.6 is 11.8 Å². The molecule has 0 radical (unpaired) electrons. The van der Waals surface area contributed by atoms with E-state index in [1.54, 1.807) is 4.31 Å². The molecule has 0 amide bonds. The van der Waals surface area contributed by atoms with Gasteiger partial charge in [-0.25, -0.2) is 12.7 Å². The molecule has 0 spiro atoms. The van der Waals surface area contributed by atoms with Crippen LogP contribution in [0.4, 0.5) is 5.69 Å². The number of nitrogens with zero attached hydrogens (tertiary/aromatic N) is 1. The molecule has 0 bridgehead atoms. The first-order valence-electron chi connectivity index (χ1n) is 7.08.